The minimum absolute atomic E-state index is 0.0992. The van der Waals surface area contributed by atoms with Crippen LogP contribution < -0.4 is 4.74 Å². The lowest BCUT2D eigenvalue weighted by Gasteiger charge is -2.11. The lowest BCUT2D eigenvalue weighted by molar-refractivity contribution is 0.276. The van der Waals surface area contributed by atoms with Crippen LogP contribution in [0, 0.1) is 0 Å². The van der Waals surface area contributed by atoms with E-state index in [-0.39, 0.29) is 6.61 Å². The molecule has 0 spiro atoms. The Bertz CT molecular complexity index is 573. The molecule has 2 aromatic carbocycles. The van der Waals surface area contributed by atoms with Gasteiger partial charge in [-0.25, -0.2) is 0 Å². The highest BCUT2D eigenvalue weighted by atomic mass is 79.9. The molecule has 0 saturated heterocycles. The Balaban J connectivity index is 2.37. The number of rotatable bonds is 3. The maximum atomic E-state index is 9.22. The summed E-state index contributed by atoms with van der Waals surface area (Å²) in [6.45, 7) is -0.0992. The fourth-order valence-corrected chi connectivity index (χ4v) is 2.27. The molecular formula is C13H9BrCl2O2. The first-order valence-electron chi connectivity index (χ1n) is 5.13. The molecule has 18 heavy (non-hydrogen) atoms. The molecule has 0 saturated carbocycles. The first kappa shape index (κ1) is 13.7. The second-order valence-corrected chi connectivity index (χ2v) is 5.23. The highest BCUT2D eigenvalue weighted by Crippen LogP contribution is 2.37. The third-order valence-corrected chi connectivity index (χ3v) is 3.83. The summed E-state index contributed by atoms with van der Waals surface area (Å²) >= 11 is 15.3. The molecule has 0 radical (unpaired) electrons. The summed E-state index contributed by atoms with van der Waals surface area (Å²) in [4.78, 5) is 0. The van der Waals surface area contributed by atoms with Gasteiger partial charge in [-0.05, 0) is 28.1 Å². The minimum atomic E-state index is -0.0992. The Kier molecular flexibility index (Phi) is 4.51. The molecule has 0 bridgehead atoms. The van der Waals surface area contributed by atoms with E-state index in [1.54, 1.807) is 24.3 Å². The number of aliphatic hydroxyl groups is 1. The number of para-hydroxylation sites is 1. The molecule has 94 valence electrons. The molecule has 2 aromatic rings. The molecule has 0 aromatic heterocycles. The van der Waals surface area contributed by atoms with Gasteiger partial charge >= 0.3 is 0 Å². The Hall–Kier alpha value is -0.740. The van der Waals surface area contributed by atoms with E-state index >= 15 is 0 Å². The first-order chi connectivity index (χ1) is 8.61. The maximum absolute atomic E-state index is 9.22. The summed E-state index contributed by atoms with van der Waals surface area (Å²) in [5, 5.41) is 10.2. The van der Waals surface area contributed by atoms with E-state index in [1.165, 1.54) is 0 Å². The predicted molar refractivity (Wildman–Crippen MR) is 76.6 cm³/mol. The molecule has 0 amide bonds. The number of hydrogen-bond donors (Lipinski definition) is 1. The normalized spacial score (nSPS) is 10.4. The summed E-state index contributed by atoms with van der Waals surface area (Å²) in [6.07, 6.45) is 0. The van der Waals surface area contributed by atoms with Crippen molar-refractivity contribution in [3.8, 4) is 11.5 Å². The highest BCUT2D eigenvalue weighted by molar-refractivity contribution is 9.10. The van der Waals surface area contributed by atoms with E-state index < -0.39 is 0 Å². The monoisotopic (exact) mass is 346 g/mol. The summed E-state index contributed by atoms with van der Waals surface area (Å²) in [5.74, 6) is 1.01. The van der Waals surface area contributed by atoms with Crippen LogP contribution in [0.15, 0.2) is 40.9 Å². The van der Waals surface area contributed by atoms with E-state index in [0.717, 1.165) is 0 Å². The van der Waals surface area contributed by atoms with Gasteiger partial charge in [0.15, 0.2) is 0 Å². The molecule has 0 atom stereocenters. The van der Waals surface area contributed by atoms with Crippen LogP contribution in [0.1, 0.15) is 5.56 Å². The number of aliphatic hydroxyl groups excluding tert-OH is 1. The summed E-state index contributed by atoms with van der Waals surface area (Å²) in [6, 6.07) is 10.5. The van der Waals surface area contributed by atoms with Crippen LogP contribution in [0.3, 0.4) is 0 Å². The molecule has 0 aliphatic carbocycles. The number of halogens is 3. The summed E-state index contributed by atoms with van der Waals surface area (Å²) < 4.78 is 6.38. The second kappa shape index (κ2) is 5.93. The van der Waals surface area contributed by atoms with Crippen LogP contribution in [-0.4, -0.2) is 5.11 Å². The van der Waals surface area contributed by atoms with Gasteiger partial charge in [0.2, 0.25) is 0 Å². The van der Waals surface area contributed by atoms with Crippen molar-refractivity contribution in [2.75, 3.05) is 0 Å². The van der Waals surface area contributed by atoms with Gasteiger partial charge in [-0.2, -0.15) is 0 Å². The zero-order valence-electron chi connectivity index (χ0n) is 9.16. The molecule has 5 heteroatoms. The van der Waals surface area contributed by atoms with Crippen molar-refractivity contribution in [1.82, 2.24) is 0 Å². The van der Waals surface area contributed by atoms with E-state index in [9.17, 15) is 5.11 Å². The van der Waals surface area contributed by atoms with Gasteiger partial charge in [-0.1, -0.05) is 41.4 Å². The molecule has 0 aliphatic heterocycles. The molecule has 0 aliphatic rings. The van der Waals surface area contributed by atoms with Gasteiger partial charge < -0.3 is 9.84 Å². The van der Waals surface area contributed by atoms with Crippen LogP contribution in [-0.2, 0) is 6.61 Å². The molecule has 1 N–H and O–H groups in total. The fourth-order valence-electron chi connectivity index (χ4n) is 1.44. The zero-order valence-corrected chi connectivity index (χ0v) is 12.3. The van der Waals surface area contributed by atoms with Crippen molar-refractivity contribution in [3.63, 3.8) is 0 Å². The second-order valence-electron chi connectivity index (χ2n) is 3.56. The predicted octanol–water partition coefficient (Wildman–Crippen LogP) is 5.04. The minimum Gasteiger partial charge on any atom is -0.455 e. The summed E-state index contributed by atoms with van der Waals surface area (Å²) in [7, 11) is 0. The molecular weight excluding hydrogens is 339 g/mol. The van der Waals surface area contributed by atoms with Gasteiger partial charge in [-0.3, -0.25) is 0 Å². The standard InChI is InChI=1S/C13H9BrCl2O2/c14-9-5-11(16)13(6-10(9)15)18-12-4-2-1-3-8(12)7-17/h1-6,17H,7H2. The number of ether oxygens (including phenoxy) is 1. The quantitative estimate of drug-likeness (QED) is 0.788. The maximum Gasteiger partial charge on any atom is 0.147 e. The largest absolute Gasteiger partial charge is 0.455 e. The van der Waals surface area contributed by atoms with E-state index in [4.69, 9.17) is 27.9 Å². The van der Waals surface area contributed by atoms with Crippen LogP contribution in [0.2, 0.25) is 10.0 Å². The molecule has 0 fully saturated rings. The van der Waals surface area contributed by atoms with Crippen molar-refractivity contribution >= 4 is 39.1 Å². The Morgan fingerprint density at radius 2 is 1.78 bits per heavy atom. The summed E-state index contributed by atoms with van der Waals surface area (Å²) in [5.41, 5.74) is 0.688. The van der Waals surface area contributed by atoms with E-state index in [1.807, 2.05) is 12.1 Å². The zero-order chi connectivity index (χ0) is 13.1. The van der Waals surface area contributed by atoms with Crippen molar-refractivity contribution < 1.29 is 9.84 Å². The third kappa shape index (κ3) is 2.98. The van der Waals surface area contributed by atoms with Crippen LogP contribution in [0.25, 0.3) is 0 Å². The SMILES string of the molecule is OCc1ccccc1Oc1cc(Cl)c(Br)cc1Cl. The Morgan fingerprint density at radius 1 is 1.06 bits per heavy atom. The smallest absolute Gasteiger partial charge is 0.147 e. The van der Waals surface area contributed by atoms with Crippen molar-refractivity contribution in [2.24, 2.45) is 0 Å². The molecule has 0 unspecified atom stereocenters. The van der Waals surface area contributed by atoms with Crippen molar-refractivity contribution in [1.29, 1.82) is 0 Å². The average molecular weight is 348 g/mol. The lowest BCUT2D eigenvalue weighted by Crippen LogP contribution is -1.92. The van der Waals surface area contributed by atoms with Crippen molar-refractivity contribution in [2.45, 2.75) is 6.61 Å². The molecule has 0 heterocycles. The third-order valence-electron chi connectivity index (χ3n) is 2.34. The Morgan fingerprint density at radius 3 is 2.50 bits per heavy atom. The lowest BCUT2D eigenvalue weighted by atomic mass is 10.2. The fraction of sp³-hybridized carbons (Fsp3) is 0.0769. The van der Waals surface area contributed by atoms with Gasteiger partial charge in [0.25, 0.3) is 0 Å². The van der Waals surface area contributed by atoms with Crippen LogP contribution in [0.5, 0.6) is 11.5 Å². The van der Waals surface area contributed by atoms with Crippen LogP contribution in [0.4, 0.5) is 0 Å². The topological polar surface area (TPSA) is 29.5 Å². The number of benzene rings is 2. The molecule has 2 rings (SSSR count). The van der Waals surface area contributed by atoms with Gasteiger partial charge in [0, 0.05) is 16.1 Å². The molecule has 2 nitrogen and oxygen atoms in total. The van der Waals surface area contributed by atoms with Crippen LogP contribution >= 0.6 is 39.1 Å². The number of hydrogen-bond acceptors (Lipinski definition) is 2. The first-order valence-corrected chi connectivity index (χ1v) is 6.68. The van der Waals surface area contributed by atoms with E-state index in [2.05, 4.69) is 15.9 Å². The van der Waals surface area contributed by atoms with Gasteiger partial charge in [0.05, 0.1) is 16.7 Å². The van der Waals surface area contributed by atoms with Gasteiger partial charge in [0.1, 0.15) is 11.5 Å². The Labute approximate surface area is 123 Å². The van der Waals surface area contributed by atoms with Gasteiger partial charge in [-0.15, -0.1) is 0 Å². The van der Waals surface area contributed by atoms with Crippen molar-refractivity contribution in [3.05, 3.63) is 56.5 Å². The average Bonchev–Trinajstić information content (AvgIpc) is 2.36. The highest BCUT2D eigenvalue weighted by Gasteiger charge is 2.09. The van der Waals surface area contributed by atoms with E-state index in [0.29, 0.717) is 31.6 Å².